The number of hydrogen-bond donors (Lipinski definition) is 1. The molecule has 2 aliphatic rings. The number of phenols is 1. The van der Waals surface area contributed by atoms with Crippen LogP contribution in [-0.4, -0.2) is 60.5 Å². The van der Waals surface area contributed by atoms with Crippen molar-refractivity contribution in [2.45, 2.75) is 50.6 Å². The van der Waals surface area contributed by atoms with Gasteiger partial charge in [-0.1, -0.05) is 31.4 Å². The van der Waals surface area contributed by atoms with E-state index in [-0.39, 0.29) is 40.8 Å². The maximum Gasteiger partial charge on any atom is 0.342 e. The molecule has 1 N–H and O–H groups in total. The van der Waals surface area contributed by atoms with E-state index in [4.69, 9.17) is 4.74 Å². The minimum atomic E-state index is -3.13. The number of para-hydroxylation sites is 1. The highest BCUT2D eigenvalue weighted by molar-refractivity contribution is 7.91. The van der Waals surface area contributed by atoms with Crippen LogP contribution in [0.25, 0.3) is 0 Å². The summed E-state index contributed by atoms with van der Waals surface area (Å²) in [6.07, 6.45) is 5.24. The van der Waals surface area contributed by atoms with Crippen molar-refractivity contribution in [3.63, 3.8) is 0 Å². The van der Waals surface area contributed by atoms with Crippen molar-refractivity contribution >= 4 is 21.7 Å². The van der Waals surface area contributed by atoms with Gasteiger partial charge in [-0.2, -0.15) is 0 Å². The zero-order chi connectivity index (χ0) is 19.4. The van der Waals surface area contributed by atoms with E-state index in [9.17, 15) is 23.1 Å². The highest BCUT2D eigenvalue weighted by Gasteiger charge is 2.38. The predicted octanol–water partition coefficient (Wildman–Crippen LogP) is 1.90. The second kappa shape index (κ2) is 8.29. The third-order valence-electron chi connectivity index (χ3n) is 5.31. The van der Waals surface area contributed by atoms with E-state index < -0.39 is 22.4 Å². The average Bonchev–Trinajstić information content (AvgIpc) is 3.00. The Morgan fingerprint density at radius 2 is 1.78 bits per heavy atom. The molecule has 1 aliphatic heterocycles. The fourth-order valence-electron chi connectivity index (χ4n) is 3.99. The molecule has 1 saturated carbocycles. The van der Waals surface area contributed by atoms with Crippen molar-refractivity contribution in [3.05, 3.63) is 29.8 Å². The fraction of sp³-hybridized carbons (Fsp3) is 0.579. The normalized spacial score (nSPS) is 22.3. The molecule has 1 aliphatic carbocycles. The van der Waals surface area contributed by atoms with E-state index >= 15 is 0 Å². The SMILES string of the molecule is O=C(OCC(=O)N(C1CCCCC1)[C@H]1CCS(=O)(=O)C1)c1ccccc1O. The molecule has 1 heterocycles. The number of sulfone groups is 1. The van der Waals surface area contributed by atoms with Crippen LogP contribution in [0.3, 0.4) is 0 Å². The number of esters is 1. The Hall–Kier alpha value is -2.09. The summed E-state index contributed by atoms with van der Waals surface area (Å²) in [6.45, 7) is -0.458. The maximum absolute atomic E-state index is 12.9. The lowest BCUT2D eigenvalue weighted by atomic mass is 9.93. The van der Waals surface area contributed by atoms with Crippen LogP contribution in [0, 0.1) is 0 Å². The summed E-state index contributed by atoms with van der Waals surface area (Å²) in [6, 6.07) is 5.61. The van der Waals surface area contributed by atoms with Crippen LogP contribution in [0.1, 0.15) is 48.9 Å². The smallest absolute Gasteiger partial charge is 0.342 e. The lowest BCUT2D eigenvalue weighted by Crippen LogP contribution is -2.50. The monoisotopic (exact) mass is 395 g/mol. The standard InChI is InChI=1S/C19H25NO6S/c21-17-9-5-4-8-16(17)19(23)26-12-18(22)20(14-6-2-1-3-7-14)15-10-11-27(24,25)13-15/h4-5,8-9,14-15,21H,1-3,6-7,10-13H2/t15-/m0/s1. The molecule has 2 fully saturated rings. The van der Waals surface area contributed by atoms with Gasteiger partial charge in [0.2, 0.25) is 0 Å². The molecule has 8 heteroatoms. The fourth-order valence-corrected chi connectivity index (χ4v) is 5.70. The molecule has 0 spiro atoms. The molecular weight excluding hydrogens is 370 g/mol. The average molecular weight is 395 g/mol. The zero-order valence-electron chi connectivity index (χ0n) is 15.2. The summed E-state index contributed by atoms with van der Waals surface area (Å²) in [5, 5.41) is 9.73. The molecule has 0 bridgehead atoms. The van der Waals surface area contributed by atoms with Gasteiger partial charge in [0.15, 0.2) is 16.4 Å². The van der Waals surface area contributed by atoms with Gasteiger partial charge in [-0.15, -0.1) is 0 Å². The van der Waals surface area contributed by atoms with Crippen molar-refractivity contribution < 1.29 is 27.9 Å². The van der Waals surface area contributed by atoms with Crippen LogP contribution in [0.15, 0.2) is 24.3 Å². The Morgan fingerprint density at radius 1 is 1.07 bits per heavy atom. The van der Waals surface area contributed by atoms with Gasteiger partial charge in [0.25, 0.3) is 5.91 Å². The second-order valence-corrected chi connectivity index (χ2v) is 9.47. The number of ether oxygens (including phenoxy) is 1. The number of aromatic hydroxyl groups is 1. The second-order valence-electron chi connectivity index (χ2n) is 7.24. The van der Waals surface area contributed by atoms with E-state index in [2.05, 4.69) is 0 Å². The number of amides is 1. The predicted molar refractivity (Wildman–Crippen MR) is 99.2 cm³/mol. The number of hydrogen-bond acceptors (Lipinski definition) is 6. The van der Waals surface area contributed by atoms with Crippen LogP contribution >= 0.6 is 0 Å². The summed E-state index contributed by atoms with van der Waals surface area (Å²) >= 11 is 0. The van der Waals surface area contributed by atoms with Crippen molar-refractivity contribution in [1.29, 1.82) is 0 Å². The first-order valence-electron chi connectivity index (χ1n) is 9.34. The first-order chi connectivity index (χ1) is 12.9. The Bertz CT molecular complexity index is 800. The van der Waals surface area contributed by atoms with Gasteiger partial charge in [0, 0.05) is 12.1 Å². The van der Waals surface area contributed by atoms with Gasteiger partial charge in [0.1, 0.15) is 11.3 Å². The number of benzene rings is 1. The first-order valence-corrected chi connectivity index (χ1v) is 11.2. The number of carbonyl (C=O) groups excluding carboxylic acids is 2. The van der Waals surface area contributed by atoms with Crippen LogP contribution in [0.2, 0.25) is 0 Å². The summed E-state index contributed by atoms with van der Waals surface area (Å²) in [5.41, 5.74) is -0.00189. The largest absolute Gasteiger partial charge is 0.507 e. The Labute approximate surface area is 159 Å². The zero-order valence-corrected chi connectivity index (χ0v) is 16.0. The molecule has 0 radical (unpaired) electrons. The van der Waals surface area contributed by atoms with Crippen LogP contribution in [-0.2, 0) is 19.4 Å². The molecule has 148 valence electrons. The molecule has 1 aromatic rings. The van der Waals surface area contributed by atoms with E-state index in [0.29, 0.717) is 6.42 Å². The third kappa shape index (κ3) is 4.80. The molecule has 3 rings (SSSR count). The minimum absolute atomic E-state index is 0.00189. The van der Waals surface area contributed by atoms with E-state index in [1.165, 1.54) is 12.1 Å². The summed E-state index contributed by atoms with van der Waals surface area (Å²) in [5.74, 6) is -1.29. The Kier molecular flexibility index (Phi) is 6.04. The van der Waals surface area contributed by atoms with E-state index in [1.807, 2.05) is 0 Å². The Morgan fingerprint density at radius 3 is 2.41 bits per heavy atom. The summed E-state index contributed by atoms with van der Waals surface area (Å²) < 4.78 is 28.9. The van der Waals surface area contributed by atoms with Crippen LogP contribution in [0.5, 0.6) is 5.75 Å². The van der Waals surface area contributed by atoms with Crippen LogP contribution in [0.4, 0.5) is 0 Å². The highest BCUT2D eigenvalue weighted by atomic mass is 32.2. The number of rotatable bonds is 5. The molecule has 1 amide bonds. The molecule has 27 heavy (non-hydrogen) atoms. The summed E-state index contributed by atoms with van der Waals surface area (Å²) in [4.78, 5) is 26.7. The van der Waals surface area contributed by atoms with Gasteiger partial charge in [-0.3, -0.25) is 4.79 Å². The van der Waals surface area contributed by atoms with Gasteiger partial charge in [0.05, 0.1) is 11.5 Å². The molecule has 0 unspecified atom stereocenters. The van der Waals surface area contributed by atoms with Crippen molar-refractivity contribution in [2.75, 3.05) is 18.1 Å². The lowest BCUT2D eigenvalue weighted by molar-refractivity contribution is -0.140. The molecule has 1 saturated heterocycles. The van der Waals surface area contributed by atoms with Gasteiger partial charge in [-0.05, 0) is 31.4 Å². The van der Waals surface area contributed by atoms with Gasteiger partial charge >= 0.3 is 5.97 Å². The van der Waals surface area contributed by atoms with Crippen molar-refractivity contribution in [3.8, 4) is 5.75 Å². The number of phenolic OH excluding ortho intramolecular Hbond substituents is 1. The number of nitrogens with zero attached hydrogens (tertiary/aromatic N) is 1. The molecule has 0 aromatic heterocycles. The van der Waals surface area contributed by atoms with Crippen molar-refractivity contribution in [2.24, 2.45) is 0 Å². The van der Waals surface area contributed by atoms with Gasteiger partial charge < -0.3 is 14.7 Å². The van der Waals surface area contributed by atoms with Crippen molar-refractivity contribution in [1.82, 2.24) is 4.90 Å². The van der Waals surface area contributed by atoms with Crippen LogP contribution < -0.4 is 0 Å². The molecule has 1 aromatic carbocycles. The minimum Gasteiger partial charge on any atom is -0.507 e. The van der Waals surface area contributed by atoms with E-state index in [0.717, 1.165) is 32.1 Å². The highest BCUT2D eigenvalue weighted by Crippen LogP contribution is 2.28. The van der Waals surface area contributed by atoms with Gasteiger partial charge in [-0.25, -0.2) is 13.2 Å². The summed E-state index contributed by atoms with van der Waals surface area (Å²) in [7, 11) is -3.13. The topological polar surface area (TPSA) is 101 Å². The quantitative estimate of drug-likeness (QED) is 0.764. The maximum atomic E-state index is 12.9. The third-order valence-corrected chi connectivity index (χ3v) is 7.06. The molecule has 1 atom stereocenters. The lowest BCUT2D eigenvalue weighted by Gasteiger charge is -2.38. The van der Waals surface area contributed by atoms with E-state index in [1.54, 1.807) is 17.0 Å². The molecule has 7 nitrogen and oxygen atoms in total. The molecular formula is C19H25NO6S. The Balaban J connectivity index is 1.69. The number of carbonyl (C=O) groups is 2. The first kappa shape index (κ1) is 19.7.